The monoisotopic (exact) mass is 361 g/mol. The number of carbonyl (C=O) groups is 1. The Balaban J connectivity index is 2.09. The van der Waals surface area contributed by atoms with Crippen molar-refractivity contribution in [3.63, 3.8) is 0 Å². The van der Waals surface area contributed by atoms with E-state index in [1.54, 1.807) is 6.07 Å². The zero-order chi connectivity index (χ0) is 14.8. The van der Waals surface area contributed by atoms with Gasteiger partial charge in [0.2, 0.25) is 0 Å². The van der Waals surface area contributed by atoms with E-state index < -0.39 is 0 Å². The number of nitrogens with zero attached hydrogens (tertiary/aromatic N) is 1. The maximum absolute atomic E-state index is 12.9. The minimum atomic E-state index is -0.140. The van der Waals surface area contributed by atoms with E-state index in [0.717, 1.165) is 28.4 Å². The summed E-state index contributed by atoms with van der Waals surface area (Å²) in [6.45, 7) is 0. The molecule has 0 saturated heterocycles. The first-order valence-corrected chi connectivity index (χ1v) is 8.08. The Labute approximate surface area is 136 Å². The van der Waals surface area contributed by atoms with Crippen LogP contribution in [0.1, 0.15) is 28.8 Å². The molecule has 1 aliphatic carbocycles. The average molecular weight is 363 g/mol. The number of rotatable bonds is 0. The minimum absolute atomic E-state index is 0.0531. The SMILES string of the molecule is CN1C(=O)c2cc(Cl)ccc2-c2cc(Br)ccc2C12CC2. The smallest absolute Gasteiger partial charge is 0.255 e. The number of hydrogen-bond acceptors (Lipinski definition) is 1. The average Bonchev–Trinajstić information content (AvgIpc) is 3.27. The summed E-state index contributed by atoms with van der Waals surface area (Å²) in [5.41, 5.74) is 3.89. The van der Waals surface area contributed by atoms with Gasteiger partial charge in [-0.1, -0.05) is 39.7 Å². The van der Waals surface area contributed by atoms with Gasteiger partial charge in [0.05, 0.1) is 5.54 Å². The molecule has 0 bridgehead atoms. The highest BCUT2D eigenvalue weighted by Crippen LogP contribution is 2.56. The summed E-state index contributed by atoms with van der Waals surface area (Å²) in [6.07, 6.45) is 2.04. The molecule has 1 aliphatic heterocycles. The van der Waals surface area contributed by atoms with Crippen LogP contribution in [-0.2, 0) is 5.54 Å². The van der Waals surface area contributed by atoms with E-state index in [1.807, 2.05) is 24.1 Å². The first-order chi connectivity index (χ1) is 10.0. The number of fused-ring (bicyclic) bond motifs is 4. The molecule has 1 spiro atoms. The van der Waals surface area contributed by atoms with Crippen molar-refractivity contribution in [3.8, 4) is 11.1 Å². The van der Waals surface area contributed by atoms with E-state index in [9.17, 15) is 4.79 Å². The largest absolute Gasteiger partial charge is 0.332 e. The topological polar surface area (TPSA) is 20.3 Å². The quantitative estimate of drug-likeness (QED) is 0.656. The molecule has 1 fully saturated rings. The van der Waals surface area contributed by atoms with Crippen molar-refractivity contribution in [3.05, 3.63) is 57.0 Å². The molecule has 0 unspecified atom stereocenters. The third kappa shape index (κ3) is 1.80. The van der Waals surface area contributed by atoms with Crippen molar-refractivity contribution in [1.29, 1.82) is 0 Å². The second-order valence-corrected chi connectivity index (χ2v) is 7.13. The Kier molecular flexibility index (Phi) is 2.76. The van der Waals surface area contributed by atoms with Gasteiger partial charge in [-0.05, 0) is 53.8 Å². The van der Waals surface area contributed by atoms with Gasteiger partial charge in [0.25, 0.3) is 5.91 Å². The molecule has 1 heterocycles. The van der Waals surface area contributed by atoms with Gasteiger partial charge in [-0.15, -0.1) is 0 Å². The molecule has 106 valence electrons. The number of amides is 1. The Morgan fingerprint density at radius 3 is 2.57 bits per heavy atom. The van der Waals surface area contributed by atoms with Crippen molar-refractivity contribution >= 4 is 33.4 Å². The minimum Gasteiger partial charge on any atom is -0.332 e. The lowest BCUT2D eigenvalue weighted by Crippen LogP contribution is -2.36. The summed E-state index contributed by atoms with van der Waals surface area (Å²) in [5, 5.41) is 0.596. The summed E-state index contributed by atoms with van der Waals surface area (Å²) in [7, 11) is 1.90. The molecule has 2 aromatic carbocycles. The fourth-order valence-corrected chi connectivity index (χ4v) is 3.89. The van der Waals surface area contributed by atoms with Crippen LogP contribution < -0.4 is 0 Å². The van der Waals surface area contributed by atoms with Gasteiger partial charge in [0, 0.05) is 22.1 Å². The van der Waals surface area contributed by atoms with Crippen LogP contribution in [0.5, 0.6) is 0 Å². The summed E-state index contributed by atoms with van der Waals surface area (Å²) in [4.78, 5) is 14.7. The van der Waals surface area contributed by atoms with Crippen molar-refractivity contribution in [1.82, 2.24) is 4.90 Å². The van der Waals surface area contributed by atoms with Gasteiger partial charge >= 0.3 is 0 Å². The Morgan fingerprint density at radius 1 is 1.10 bits per heavy atom. The van der Waals surface area contributed by atoms with E-state index in [1.165, 1.54) is 5.56 Å². The van der Waals surface area contributed by atoms with E-state index in [-0.39, 0.29) is 11.4 Å². The van der Waals surface area contributed by atoms with Crippen LogP contribution in [0.4, 0.5) is 0 Å². The predicted molar refractivity (Wildman–Crippen MR) is 87.6 cm³/mol. The van der Waals surface area contributed by atoms with Crippen LogP contribution >= 0.6 is 27.5 Å². The van der Waals surface area contributed by atoms with Gasteiger partial charge in [-0.3, -0.25) is 4.79 Å². The highest BCUT2D eigenvalue weighted by molar-refractivity contribution is 9.10. The predicted octanol–water partition coefficient (Wildman–Crippen LogP) is 4.84. The summed E-state index contributed by atoms with van der Waals surface area (Å²) in [6, 6.07) is 11.9. The summed E-state index contributed by atoms with van der Waals surface area (Å²) < 4.78 is 1.02. The standard InChI is InChI=1S/C17H13BrClNO/c1-20-16(21)14-9-11(19)3-4-12(14)13-8-10(18)2-5-15(13)17(20)6-7-17/h2-5,8-9H,6-7H2,1H3. The molecule has 4 heteroatoms. The molecule has 0 aromatic heterocycles. The Bertz CT molecular complexity index is 782. The highest BCUT2D eigenvalue weighted by atomic mass is 79.9. The maximum Gasteiger partial charge on any atom is 0.255 e. The number of benzene rings is 2. The highest BCUT2D eigenvalue weighted by Gasteiger charge is 2.52. The maximum atomic E-state index is 12.9. The fraction of sp³-hybridized carbons (Fsp3) is 0.235. The molecule has 1 saturated carbocycles. The normalized spacial score (nSPS) is 18.2. The molecule has 2 nitrogen and oxygen atoms in total. The molecular weight excluding hydrogens is 350 g/mol. The van der Waals surface area contributed by atoms with Crippen molar-refractivity contribution < 1.29 is 4.79 Å². The zero-order valence-corrected chi connectivity index (χ0v) is 13.8. The van der Waals surface area contributed by atoms with E-state index in [0.29, 0.717) is 10.6 Å². The van der Waals surface area contributed by atoms with E-state index in [4.69, 9.17) is 11.6 Å². The summed E-state index contributed by atoms with van der Waals surface area (Å²) in [5.74, 6) is 0.0531. The van der Waals surface area contributed by atoms with Crippen molar-refractivity contribution in [2.45, 2.75) is 18.4 Å². The first-order valence-electron chi connectivity index (χ1n) is 6.91. The third-order valence-corrected chi connectivity index (χ3v) is 5.38. The van der Waals surface area contributed by atoms with Gasteiger partial charge in [0.15, 0.2) is 0 Å². The second kappa shape index (κ2) is 4.34. The molecule has 0 radical (unpaired) electrons. The molecule has 1 amide bonds. The number of hydrogen-bond donors (Lipinski definition) is 0. The molecule has 2 aromatic rings. The van der Waals surface area contributed by atoms with E-state index in [2.05, 4.69) is 34.1 Å². The Hall–Kier alpha value is -1.32. The lowest BCUT2D eigenvalue weighted by atomic mass is 9.93. The van der Waals surface area contributed by atoms with Gasteiger partial charge in [-0.25, -0.2) is 0 Å². The van der Waals surface area contributed by atoms with Crippen LogP contribution in [0.3, 0.4) is 0 Å². The summed E-state index contributed by atoms with van der Waals surface area (Å²) >= 11 is 9.65. The van der Waals surface area contributed by atoms with Crippen LogP contribution in [-0.4, -0.2) is 17.9 Å². The molecule has 0 N–H and O–H groups in total. The molecule has 2 aliphatic rings. The van der Waals surface area contributed by atoms with Crippen molar-refractivity contribution in [2.75, 3.05) is 7.05 Å². The fourth-order valence-electron chi connectivity index (χ4n) is 3.35. The lowest BCUT2D eigenvalue weighted by molar-refractivity contribution is 0.0710. The second-order valence-electron chi connectivity index (χ2n) is 5.78. The van der Waals surface area contributed by atoms with Gasteiger partial charge in [0.1, 0.15) is 0 Å². The Morgan fingerprint density at radius 2 is 1.86 bits per heavy atom. The zero-order valence-electron chi connectivity index (χ0n) is 11.5. The van der Waals surface area contributed by atoms with Crippen LogP contribution in [0.15, 0.2) is 40.9 Å². The first kappa shape index (κ1) is 13.4. The van der Waals surface area contributed by atoms with E-state index >= 15 is 0 Å². The van der Waals surface area contributed by atoms with Crippen LogP contribution in [0.25, 0.3) is 11.1 Å². The molecular formula is C17H13BrClNO. The van der Waals surface area contributed by atoms with Gasteiger partial charge in [-0.2, -0.15) is 0 Å². The third-order valence-electron chi connectivity index (χ3n) is 4.66. The van der Waals surface area contributed by atoms with Crippen LogP contribution in [0.2, 0.25) is 5.02 Å². The molecule has 0 atom stereocenters. The van der Waals surface area contributed by atoms with Gasteiger partial charge < -0.3 is 4.90 Å². The molecule has 21 heavy (non-hydrogen) atoms. The number of carbonyl (C=O) groups excluding carboxylic acids is 1. The lowest BCUT2D eigenvalue weighted by Gasteiger charge is -2.27. The van der Waals surface area contributed by atoms with Crippen molar-refractivity contribution in [2.24, 2.45) is 0 Å². The number of halogens is 2. The van der Waals surface area contributed by atoms with Crippen LogP contribution in [0, 0.1) is 0 Å². The molecule has 4 rings (SSSR count).